The Hall–Kier alpha value is -1.77. The molecule has 3 heteroatoms. The van der Waals surface area contributed by atoms with E-state index in [0.29, 0.717) is 0 Å². The van der Waals surface area contributed by atoms with Crippen LogP contribution in [0.4, 0.5) is 11.4 Å². The highest BCUT2D eigenvalue weighted by molar-refractivity contribution is 5.96. The molecule has 0 aliphatic carbocycles. The van der Waals surface area contributed by atoms with Crippen LogP contribution >= 0.6 is 0 Å². The maximum atomic E-state index is 6.21. The second-order valence-corrected chi connectivity index (χ2v) is 6.12. The van der Waals surface area contributed by atoms with Crippen LogP contribution in [0.25, 0.3) is 10.9 Å². The van der Waals surface area contributed by atoms with Crippen LogP contribution in [0.2, 0.25) is 0 Å². The maximum Gasteiger partial charge on any atom is 0.0724 e. The summed E-state index contributed by atoms with van der Waals surface area (Å²) in [5.41, 5.74) is 9.00. The number of rotatable bonds is 8. The molecule has 2 rings (SSSR count). The lowest BCUT2D eigenvalue weighted by molar-refractivity contribution is 0.523. The summed E-state index contributed by atoms with van der Waals surface area (Å²) < 4.78 is 0. The van der Waals surface area contributed by atoms with Gasteiger partial charge < -0.3 is 11.1 Å². The Morgan fingerprint density at radius 2 is 1.90 bits per heavy atom. The zero-order chi connectivity index (χ0) is 15.1. The highest BCUT2D eigenvalue weighted by atomic mass is 14.9. The van der Waals surface area contributed by atoms with Gasteiger partial charge in [-0.2, -0.15) is 0 Å². The van der Waals surface area contributed by atoms with Crippen molar-refractivity contribution in [3.63, 3.8) is 0 Å². The van der Waals surface area contributed by atoms with E-state index < -0.39 is 0 Å². The van der Waals surface area contributed by atoms with Crippen LogP contribution in [-0.2, 0) is 0 Å². The van der Waals surface area contributed by atoms with Crippen molar-refractivity contribution in [3.8, 4) is 0 Å². The van der Waals surface area contributed by atoms with Crippen molar-refractivity contribution in [1.29, 1.82) is 0 Å². The largest absolute Gasteiger partial charge is 0.397 e. The van der Waals surface area contributed by atoms with Gasteiger partial charge in [-0.1, -0.05) is 39.5 Å². The fourth-order valence-electron chi connectivity index (χ4n) is 2.58. The maximum absolute atomic E-state index is 6.21. The van der Waals surface area contributed by atoms with Crippen LogP contribution in [-0.4, -0.2) is 11.5 Å². The highest BCUT2D eigenvalue weighted by Gasteiger charge is 2.04. The number of pyridine rings is 1. The number of hydrogen-bond acceptors (Lipinski definition) is 3. The second-order valence-electron chi connectivity index (χ2n) is 6.12. The van der Waals surface area contributed by atoms with Gasteiger partial charge in [0.2, 0.25) is 0 Å². The molecule has 1 aromatic heterocycles. The summed E-state index contributed by atoms with van der Waals surface area (Å²) in [5, 5.41) is 4.48. The van der Waals surface area contributed by atoms with E-state index in [9.17, 15) is 0 Å². The molecule has 1 aromatic carbocycles. The summed E-state index contributed by atoms with van der Waals surface area (Å²) in [6.07, 6.45) is 8.31. The molecule has 3 nitrogen and oxygen atoms in total. The van der Waals surface area contributed by atoms with E-state index in [1.165, 1.54) is 32.1 Å². The Bertz CT molecular complexity index is 563. The molecule has 21 heavy (non-hydrogen) atoms. The molecule has 0 aliphatic rings. The van der Waals surface area contributed by atoms with E-state index in [-0.39, 0.29) is 0 Å². The molecule has 0 fully saturated rings. The van der Waals surface area contributed by atoms with Crippen molar-refractivity contribution in [1.82, 2.24) is 4.98 Å². The predicted molar refractivity (Wildman–Crippen MR) is 92.6 cm³/mol. The number of nitrogen functional groups attached to an aromatic ring is 1. The first kappa shape index (κ1) is 15.6. The molecular weight excluding hydrogens is 258 g/mol. The Morgan fingerprint density at radius 3 is 2.71 bits per heavy atom. The first-order chi connectivity index (χ1) is 10.2. The summed E-state index contributed by atoms with van der Waals surface area (Å²) in [7, 11) is 0. The molecule has 0 spiro atoms. The zero-order valence-corrected chi connectivity index (χ0v) is 13.2. The molecule has 0 unspecified atom stereocenters. The van der Waals surface area contributed by atoms with Crippen LogP contribution in [0, 0.1) is 5.92 Å². The van der Waals surface area contributed by atoms with Crippen molar-refractivity contribution in [3.05, 3.63) is 30.5 Å². The molecule has 0 saturated heterocycles. The average Bonchev–Trinajstić information content (AvgIpc) is 2.48. The summed E-state index contributed by atoms with van der Waals surface area (Å²) in [5.74, 6) is 0.828. The van der Waals surface area contributed by atoms with Gasteiger partial charge in [0.15, 0.2) is 0 Å². The Balaban J connectivity index is 1.77. The van der Waals surface area contributed by atoms with Crippen molar-refractivity contribution >= 4 is 22.3 Å². The molecule has 0 aliphatic heterocycles. The number of nitrogens with one attached hydrogen (secondary N) is 1. The summed E-state index contributed by atoms with van der Waals surface area (Å²) >= 11 is 0. The smallest absolute Gasteiger partial charge is 0.0724 e. The zero-order valence-electron chi connectivity index (χ0n) is 13.2. The Morgan fingerprint density at radius 1 is 1.10 bits per heavy atom. The molecular formula is C18H27N3. The molecule has 0 radical (unpaired) electrons. The fraction of sp³-hybridized carbons (Fsp3) is 0.500. The van der Waals surface area contributed by atoms with Gasteiger partial charge >= 0.3 is 0 Å². The number of hydrogen-bond donors (Lipinski definition) is 2. The van der Waals surface area contributed by atoms with E-state index in [4.69, 9.17) is 5.73 Å². The Kier molecular flexibility index (Phi) is 5.85. The average molecular weight is 285 g/mol. The van der Waals surface area contributed by atoms with E-state index in [0.717, 1.165) is 34.7 Å². The molecule has 3 N–H and O–H groups in total. The topological polar surface area (TPSA) is 50.9 Å². The van der Waals surface area contributed by atoms with Crippen LogP contribution in [0.15, 0.2) is 30.5 Å². The molecule has 114 valence electrons. The van der Waals surface area contributed by atoms with Crippen LogP contribution < -0.4 is 11.1 Å². The number of anilines is 2. The lowest BCUT2D eigenvalue weighted by Gasteiger charge is -2.11. The van der Waals surface area contributed by atoms with Gasteiger partial charge in [0.25, 0.3) is 0 Å². The number of fused-ring (bicyclic) bond motifs is 1. The second kappa shape index (κ2) is 7.87. The number of benzene rings is 1. The standard InChI is InChI=1S/C18H27N3/c1-14(2)8-5-3-4-6-12-21-17-11-10-16-15(18(17)19)9-7-13-20-16/h7,9-11,13-14,21H,3-6,8,12,19H2,1-2H3. The monoisotopic (exact) mass is 285 g/mol. The van der Waals surface area contributed by atoms with E-state index in [1.54, 1.807) is 6.20 Å². The van der Waals surface area contributed by atoms with Crippen molar-refractivity contribution in [2.45, 2.75) is 46.0 Å². The number of nitrogens with two attached hydrogens (primary N) is 1. The first-order valence-electron chi connectivity index (χ1n) is 8.05. The van der Waals surface area contributed by atoms with Gasteiger partial charge in [0.05, 0.1) is 16.9 Å². The normalized spacial score (nSPS) is 11.2. The molecule has 2 aromatic rings. The third-order valence-electron chi connectivity index (χ3n) is 3.85. The van der Waals surface area contributed by atoms with Crippen molar-refractivity contribution < 1.29 is 0 Å². The third-order valence-corrected chi connectivity index (χ3v) is 3.85. The molecule has 0 bridgehead atoms. The number of unbranched alkanes of at least 4 members (excludes halogenated alkanes) is 3. The van der Waals surface area contributed by atoms with Gasteiger partial charge in [-0.25, -0.2) is 0 Å². The Labute approximate surface area is 128 Å². The highest BCUT2D eigenvalue weighted by Crippen LogP contribution is 2.27. The summed E-state index contributed by atoms with van der Waals surface area (Å²) in [6, 6.07) is 8.01. The van der Waals surface area contributed by atoms with Crippen LogP contribution in [0.3, 0.4) is 0 Å². The summed E-state index contributed by atoms with van der Waals surface area (Å²) in [4.78, 5) is 4.32. The number of nitrogens with zero attached hydrogens (tertiary/aromatic N) is 1. The van der Waals surface area contributed by atoms with Crippen LogP contribution in [0.1, 0.15) is 46.0 Å². The summed E-state index contributed by atoms with van der Waals surface area (Å²) in [6.45, 7) is 5.56. The van der Waals surface area contributed by atoms with Crippen molar-refractivity contribution in [2.75, 3.05) is 17.6 Å². The number of aromatic nitrogens is 1. The van der Waals surface area contributed by atoms with E-state index >= 15 is 0 Å². The van der Waals surface area contributed by atoms with Gasteiger partial charge in [-0.05, 0) is 36.6 Å². The van der Waals surface area contributed by atoms with Crippen molar-refractivity contribution in [2.24, 2.45) is 5.92 Å². The first-order valence-corrected chi connectivity index (χ1v) is 8.05. The minimum atomic E-state index is 0.806. The van der Waals surface area contributed by atoms with Gasteiger partial charge in [0, 0.05) is 18.1 Å². The van der Waals surface area contributed by atoms with Gasteiger partial charge in [-0.15, -0.1) is 0 Å². The molecule has 0 saturated carbocycles. The van der Waals surface area contributed by atoms with E-state index in [2.05, 4.69) is 24.1 Å². The van der Waals surface area contributed by atoms with E-state index in [1.807, 2.05) is 24.3 Å². The minimum absolute atomic E-state index is 0.806. The minimum Gasteiger partial charge on any atom is -0.397 e. The third kappa shape index (κ3) is 4.62. The van der Waals surface area contributed by atoms with Crippen LogP contribution in [0.5, 0.6) is 0 Å². The molecule has 1 heterocycles. The molecule has 0 atom stereocenters. The quantitative estimate of drug-likeness (QED) is 0.539. The van der Waals surface area contributed by atoms with Gasteiger partial charge in [0.1, 0.15) is 0 Å². The lowest BCUT2D eigenvalue weighted by atomic mass is 10.0. The molecule has 0 amide bonds. The van der Waals surface area contributed by atoms with Gasteiger partial charge in [-0.3, -0.25) is 4.98 Å². The predicted octanol–water partition coefficient (Wildman–Crippen LogP) is 4.84. The SMILES string of the molecule is CC(C)CCCCCCNc1ccc2ncccc2c1N. The lowest BCUT2D eigenvalue weighted by Crippen LogP contribution is -2.04. The fourth-order valence-corrected chi connectivity index (χ4v) is 2.58.